The summed E-state index contributed by atoms with van der Waals surface area (Å²) in [6.07, 6.45) is 2.98. The van der Waals surface area contributed by atoms with Crippen molar-refractivity contribution in [1.82, 2.24) is 10.2 Å². The summed E-state index contributed by atoms with van der Waals surface area (Å²) in [4.78, 5) is 11.1. The van der Waals surface area contributed by atoms with Gasteiger partial charge in [0.25, 0.3) is 0 Å². The molecule has 2 N–H and O–H groups in total. The molecule has 3 rings (SSSR count). The van der Waals surface area contributed by atoms with Gasteiger partial charge in [0, 0.05) is 11.8 Å². The molecule has 27 heavy (non-hydrogen) atoms. The highest BCUT2D eigenvalue weighted by atomic mass is 32.2. The highest BCUT2D eigenvalue weighted by Crippen LogP contribution is 2.29. The first kappa shape index (κ1) is 18.7. The molecular formula is C19H18N2O5S. The number of benzene rings is 2. The molecule has 0 aliphatic rings. The molecule has 140 valence electrons. The monoisotopic (exact) mass is 386 g/mol. The Bertz CT molecular complexity index is 1060. The second kappa shape index (κ2) is 7.63. The van der Waals surface area contributed by atoms with Gasteiger partial charge in [0.2, 0.25) is 9.84 Å². The standard InChI is InChI=1S/C19H18N2O5S/c1-2-26-16-6-13(8-19(22)23)7-18(10-16)27(24,25)17-5-3-4-14(9-17)15-11-20-21-12-15/h3-7,9-12H,2,8H2,1H3,(H,20,21)(H,22,23). The van der Waals surface area contributed by atoms with Crippen molar-refractivity contribution >= 4 is 15.8 Å². The van der Waals surface area contributed by atoms with E-state index < -0.39 is 15.8 Å². The lowest BCUT2D eigenvalue weighted by molar-refractivity contribution is -0.136. The number of aliphatic carboxylic acids is 1. The molecule has 0 atom stereocenters. The van der Waals surface area contributed by atoms with E-state index in [1.807, 2.05) is 0 Å². The summed E-state index contributed by atoms with van der Waals surface area (Å²) in [5, 5.41) is 15.6. The van der Waals surface area contributed by atoms with Gasteiger partial charge < -0.3 is 9.84 Å². The lowest BCUT2D eigenvalue weighted by Gasteiger charge is -2.11. The molecular weight excluding hydrogens is 368 g/mol. The van der Waals surface area contributed by atoms with Crippen LogP contribution in [0.15, 0.2) is 64.6 Å². The van der Waals surface area contributed by atoms with Gasteiger partial charge in [-0.2, -0.15) is 5.10 Å². The van der Waals surface area contributed by atoms with E-state index in [1.165, 1.54) is 18.2 Å². The van der Waals surface area contributed by atoms with Gasteiger partial charge in [0.05, 0.1) is 29.0 Å². The third kappa shape index (κ3) is 4.17. The van der Waals surface area contributed by atoms with Gasteiger partial charge in [0.1, 0.15) is 5.75 Å². The molecule has 0 aliphatic carbocycles. The number of nitrogens with one attached hydrogen (secondary N) is 1. The Labute approximate surface area is 156 Å². The molecule has 3 aromatic rings. The van der Waals surface area contributed by atoms with Crippen LogP contribution in [0.4, 0.5) is 0 Å². The molecule has 0 fully saturated rings. The number of aromatic amines is 1. The number of carboxylic acids is 1. The number of hydrogen-bond donors (Lipinski definition) is 2. The molecule has 0 aliphatic heterocycles. The minimum absolute atomic E-state index is 0.00552. The molecule has 0 saturated heterocycles. The number of carbonyl (C=O) groups is 1. The first-order chi connectivity index (χ1) is 12.9. The fourth-order valence-corrected chi connectivity index (χ4v) is 4.09. The van der Waals surface area contributed by atoms with Gasteiger partial charge in [-0.05, 0) is 48.4 Å². The average Bonchev–Trinajstić information content (AvgIpc) is 3.16. The number of sulfone groups is 1. The minimum Gasteiger partial charge on any atom is -0.494 e. The molecule has 0 bridgehead atoms. The first-order valence-electron chi connectivity index (χ1n) is 8.23. The quantitative estimate of drug-likeness (QED) is 0.646. The Kier molecular flexibility index (Phi) is 5.27. The minimum atomic E-state index is -3.86. The van der Waals surface area contributed by atoms with E-state index in [0.29, 0.717) is 23.5 Å². The van der Waals surface area contributed by atoms with E-state index in [0.717, 1.165) is 5.56 Å². The highest BCUT2D eigenvalue weighted by Gasteiger charge is 2.21. The van der Waals surface area contributed by atoms with Crippen LogP contribution in [0.3, 0.4) is 0 Å². The number of nitrogens with zero attached hydrogens (tertiary/aromatic N) is 1. The Hall–Kier alpha value is -3.13. The fraction of sp³-hybridized carbons (Fsp3) is 0.158. The van der Waals surface area contributed by atoms with Crippen LogP contribution in [0, 0.1) is 0 Å². The zero-order chi connectivity index (χ0) is 19.4. The SMILES string of the molecule is CCOc1cc(CC(=O)O)cc(S(=O)(=O)c2cccc(-c3cn[nH]c3)c2)c1. The van der Waals surface area contributed by atoms with E-state index in [9.17, 15) is 13.2 Å². The van der Waals surface area contributed by atoms with Crippen molar-refractivity contribution in [2.24, 2.45) is 0 Å². The van der Waals surface area contributed by atoms with E-state index in [-0.39, 0.29) is 16.2 Å². The molecule has 0 unspecified atom stereocenters. The number of ether oxygens (including phenoxy) is 1. The second-order valence-electron chi connectivity index (χ2n) is 5.83. The van der Waals surface area contributed by atoms with Gasteiger partial charge in [-0.3, -0.25) is 9.89 Å². The number of hydrogen-bond acceptors (Lipinski definition) is 5. The Morgan fingerprint density at radius 3 is 2.63 bits per heavy atom. The smallest absolute Gasteiger partial charge is 0.307 e. The summed E-state index contributed by atoms with van der Waals surface area (Å²) in [7, 11) is -3.86. The van der Waals surface area contributed by atoms with Crippen molar-refractivity contribution in [1.29, 1.82) is 0 Å². The Morgan fingerprint density at radius 2 is 1.96 bits per heavy atom. The molecule has 8 heteroatoms. The lowest BCUT2D eigenvalue weighted by atomic mass is 10.1. The predicted molar refractivity (Wildman–Crippen MR) is 98.4 cm³/mol. The second-order valence-corrected chi connectivity index (χ2v) is 7.78. The van der Waals surface area contributed by atoms with Gasteiger partial charge in [-0.15, -0.1) is 0 Å². The van der Waals surface area contributed by atoms with E-state index in [2.05, 4.69) is 10.2 Å². The summed E-state index contributed by atoms with van der Waals surface area (Å²) in [6, 6.07) is 10.8. The number of aromatic nitrogens is 2. The summed E-state index contributed by atoms with van der Waals surface area (Å²) in [5.41, 5.74) is 1.83. The maximum absolute atomic E-state index is 13.1. The molecule has 0 amide bonds. The number of rotatable bonds is 7. The van der Waals surface area contributed by atoms with Crippen LogP contribution in [0.1, 0.15) is 12.5 Å². The lowest BCUT2D eigenvalue weighted by Crippen LogP contribution is -2.06. The van der Waals surface area contributed by atoms with Crippen LogP contribution in [-0.2, 0) is 21.1 Å². The Balaban J connectivity index is 2.07. The molecule has 2 aromatic carbocycles. The summed E-state index contributed by atoms with van der Waals surface area (Å²) < 4.78 is 31.7. The zero-order valence-corrected chi connectivity index (χ0v) is 15.4. The van der Waals surface area contributed by atoms with Crippen LogP contribution in [0.25, 0.3) is 11.1 Å². The summed E-state index contributed by atoms with van der Waals surface area (Å²) >= 11 is 0. The molecule has 1 aromatic heterocycles. The maximum Gasteiger partial charge on any atom is 0.307 e. The average molecular weight is 386 g/mol. The molecule has 7 nitrogen and oxygen atoms in total. The largest absolute Gasteiger partial charge is 0.494 e. The molecule has 0 saturated carbocycles. The van der Waals surface area contributed by atoms with Crippen molar-refractivity contribution < 1.29 is 23.1 Å². The van der Waals surface area contributed by atoms with E-state index >= 15 is 0 Å². The van der Waals surface area contributed by atoms with Crippen molar-refractivity contribution in [3.8, 4) is 16.9 Å². The third-order valence-electron chi connectivity index (χ3n) is 3.89. The van der Waals surface area contributed by atoms with Crippen LogP contribution in [0.5, 0.6) is 5.75 Å². The predicted octanol–water partition coefficient (Wildman–Crippen LogP) is 2.94. The number of H-pyrrole nitrogens is 1. The van der Waals surface area contributed by atoms with Crippen molar-refractivity contribution in [2.45, 2.75) is 23.1 Å². The van der Waals surface area contributed by atoms with Crippen LogP contribution in [0.2, 0.25) is 0 Å². The van der Waals surface area contributed by atoms with E-state index in [1.54, 1.807) is 43.6 Å². The summed E-state index contributed by atoms with van der Waals surface area (Å²) in [6.45, 7) is 2.11. The van der Waals surface area contributed by atoms with Gasteiger partial charge >= 0.3 is 5.97 Å². The molecule has 1 heterocycles. The van der Waals surface area contributed by atoms with Gasteiger partial charge in [-0.1, -0.05) is 12.1 Å². The van der Waals surface area contributed by atoms with Crippen LogP contribution < -0.4 is 4.74 Å². The number of carboxylic acid groups (broad SMARTS) is 1. The Morgan fingerprint density at radius 1 is 1.15 bits per heavy atom. The zero-order valence-electron chi connectivity index (χ0n) is 14.5. The topological polar surface area (TPSA) is 109 Å². The van der Waals surface area contributed by atoms with Crippen molar-refractivity contribution in [3.63, 3.8) is 0 Å². The highest BCUT2D eigenvalue weighted by molar-refractivity contribution is 7.91. The van der Waals surface area contributed by atoms with Gasteiger partial charge in [-0.25, -0.2) is 8.42 Å². The first-order valence-corrected chi connectivity index (χ1v) is 9.71. The summed E-state index contributed by atoms with van der Waals surface area (Å²) in [5.74, 6) is -0.727. The fourth-order valence-electron chi connectivity index (χ4n) is 2.70. The van der Waals surface area contributed by atoms with E-state index in [4.69, 9.17) is 9.84 Å². The van der Waals surface area contributed by atoms with Crippen molar-refractivity contribution in [3.05, 3.63) is 60.4 Å². The molecule has 0 spiro atoms. The third-order valence-corrected chi connectivity index (χ3v) is 5.62. The van der Waals surface area contributed by atoms with Crippen LogP contribution >= 0.6 is 0 Å². The van der Waals surface area contributed by atoms with Gasteiger partial charge in [0.15, 0.2) is 0 Å². The van der Waals surface area contributed by atoms with Crippen molar-refractivity contribution in [2.75, 3.05) is 6.61 Å². The molecule has 0 radical (unpaired) electrons. The normalized spacial score (nSPS) is 11.3. The van der Waals surface area contributed by atoms with Crippen LogP contribution in [-0.4, -0.2) is 36.3 Å². The maximum atomic E-state index is 13.1.